The topological polar surface area (TPSA) is 64.9 Å². The average Bonchev–Trinajstić information content (AvgIpc) is 2.26. The maximum absolute atomic E-state index is 11.4. The maximum atomic E-state index is 11.4. The van der Waals surface area contributed by atoms with Crippen molar-refractivity contribution in [1.82, 2.24) is 10.6 Å². The first kappa shape index (κ1) is 13.5. The van der Waals surface area contributed by atoms with Crippen molar-refractivity contribution >= 4 is 5.91 Å². The number of nitrogens with one attached hydrogen (secondary N) is 2. The molecule has 0 aliphatic heterocycles. The van der Waals surface area contributed by atoms with Crippen LogP contribution in [0.15, 0.2) is 11.8 Å². The number of amides is 1. The lowest BCUT2D eigenvalue weighted by molar-refractivity contribution is -0.117. The van der Waals surface area contributed by atoms with Gasteiger partial charge in [-0.1, -0.05) is 20.3 Å². The van der Waals surface area contributed by atoms with Gasteiger partial charge in [-0.25, -0.2) is 0 Å². The zero-order chi connectivity index (χ0) is 11.5. The summed E-state index contributed by atoms with van der Waals surface area (Å²) in [5.41, 5.74) is 0.138. The zero-order valence-corrected chi connectivity index (χ0v) is 9.47. The van der Waals surface area contributed by atoms with Crippen LogP contribution in [0.4, 0.5) is 0 Å². The predicted octanol–water partition coefficient (Wildman–Crippen LogP) is 1.31. The standard InChI is InChI=1S/C11H19N3O/c1-3-5-7-13-9-10(8-12)11(15)14-6-4-2/h9,13H,3-7H2,1-2H3,(H,14,15)/b10-9-. The van der Waals surface area contributed by atoms with E-state index in [4.69, 9.17) is 5.26 Å². The lowest BCUT2D eigenvalue weighted by Gasteiger charge is -2.02. The van der Waals surface area contributed by atoms with Gasteiger partial charge in [-0.3, -0.25) is 4.79 Å². The van der Waals surface area contributed by atoms with Crippen molar-refractivity contribution in [1.29, 1.82) is 5.26 Å². The summed E-state index contributed by atoms with van der Waals surface area (Å²) in [6.07, 6.45) is 4.48. The Hall–Kier alpha value is -1.50. The van der Waals surface area contributed by atoms with Crippen LogP contribution in [0.3, 0.4) is 0 Å². The molecular weight excluding hydrogens is 190 g/mol. The highest BCUT2D eigenvalue weighted by Gasteiger charge is 2.06. The highest BCUT2D eigenvalue weighted by molar-refractivity contribution is 5.97. The van der Waals surface area contributed by atoms with Crippen LogP contribution in [0.1, 0.15) is 33.1 Å². The fourth-order valence-electron chi connectivity index (χ4n) is 0.935. The number of hydrogen-bond donors (Lipinski definition) is 2. The third kappa shape index (κ3) is 6.55. The first-order valence-corrected chi connectivity index (χ1v) is 5.38. The van der Waals surface area contributed by atoms with E-state index in [-0.39, 0.29) is 11.5 Å². The molecule has 4 nitrogen and oxygen atoms in total. The molecule has 0 saturated heterocycles. The minimum absolute atomic E-state index is 0.138. The lowest BCUT2D eigenvalue weighted by atomic mass is 10.3. The largest absolute Gasteiger partial charge is 0.390 e. The Morgan fingerprint density at radius 2 is 2.07 bits per heavy atom. The summed E-state index contributed by atoms with van der Waals surface area (Å²) in [5, 5.41) is 14.3. The van der Waals surface area contributed by atoms with Crippen molar-refractivity contribution in [2.45, 2.75) is 33.1 Å². The van der Waals surface area contributed by atoms with Crippen LogP contribution in [0.2, 0.25) is 0 Å². The molecule has 0 saturated carbocycles. The fourth-order valence-corrected chi connectivity index (χ4v) is 0.935. The van der Waals surface area contributed by atoms with Gasteiger partial charge in [0.2, 0.25) is 0 Å². The number of nitrogens with zero attached hydrogens (tertiary/aromatic N) is 1. The first-order chi connectivity index (χ1) is 7.26. The fraction of sp³-hybridized carbons (Fsp3) is 0.636. The minimum atomic E-state index is -0.302. The SMILES string of the molecule is CCCCN/C=C(/C#N)C(=O)NCCC. The molecule has 0 heterocycles. The number of unbranched alkanes of at least 4 members (excludes halogenated alkanes) is 1. The molecule has 0 aromatic rings. The van der Waals surface area contributed by atoms with Crippen LogP contribution in [0.5, 0.6) is 0 Å². The molecule has 4 heteroatoms. The van der Waals surface area contributed by atoms with E-state index in [1.165, 1.54) is 6.20 Å². The summed E-state index contributed by atoms with van der Waals surface area (Å²) in [4.78, 5) is 11.4. The summed E-state index contributed by atoms with van der Waals surface area (Å²) in [6.45, 7) is 5.45. The summed E-state index contributed by atoms with van der Waals surface area (Å²) >= 11 is 0. The van der Waals surface area contributed by atoms with E-state index >= 15 is 0 Å². The molecule has 0 radical (unpaired) electrons. The Labute approximate surface area is 91.4 Å². The molecular formula is C11H19N3O. The Bertz CT molecular complexity index is 253. The van der Waals surface area contributed by atoms with Gasteiger partial charge < -0.3 is 10.6 Å². The molecule has 1 amide bonds. The number of hydrogen-bond acceptors (Lipinski definition) is 3. The molecule has 84 valence electrons. The number of carbonyl (C=O) groups excluding carboxylic acids is 1. The minimum Gasteiger partial charge on any atom is -0.390 e. The van der Waals surface area contributed by atoms with Gasteiger partial charge in [-0.05, 0) is 12.8 Å². The van der Waals surface area contributed by atoms with Crippen LogP contribution < -0.4 is 10.6 Å². The summed E-state index contributed by atoms with van der Waals surface area (Å²) in [5.74, 6) is -0.302. The van der Waals surface area contributed by atoms with E-state index in [1.54, 1.807) is 0 Å². The normalized spacial score (nSPS) is 10.6. The second-order valence-corrected chi connectivity index (χ2v) is 3.23. The molecule has 0 fully saturated rings. The van der Waals surface area contributed by atoms with Crippen molar-refractivity contribution in [3.63, 3.8) is 0 Å². The average molecular weight is 209 g/mol. The molecule has 0 aromatic carbocycles. The molecule has 0 bridgehead atoms. The first-order valence-electron chi connectivity index (χ1n) is 5.38. The van der Waals surface area contributed by atoms with Gasteiger partial charge in [0, 0.05) is 19.3 Å². The van der Waals surface area contributed by atoms with Crippen molar-refractivity contribution < 1.29 is 4.79 Å². The molecule has 15 heavy (non-hydrogen) atoms. The van der Waals surface area contributed by atoms with E-state index in [0.29, 0.717) is 6.54 Å². The van der Waals surface area contributed by atoms with Gasteiger partial charge in [-0.2, -0.15) is 5.26 Å². The Morgan fingerprint density at radius 3 is 2.60 bits per heavy atom. The van der Waals surface area contributed by atoms with Crippen LogP contribution in [-0.2, 0) is 4.79 Å². The molecule has 0 unspecified atom stereocenters. The zero-order valence-electron chi connectivity index (χ0n) is 9.47. The van der Waals surface area contributed by atoms with E-state index in [9.17, 15) is 4.79 Å². The van der Waals surface area contributed by atoms with E-state index < -0.39 is 0 Å². The summed E-state index contributed by atoms with van der Waals surface area (Å²) < 4.78 is 0. The monoisotopic (exact) mass is 209 g/mol. The quantitative estimate of drug-likeness (QED) is 0.377. The lowest BCUT2D eigenvalue weighted by Crippen LogP contribution is -2.26. The number of rotatable bonds is 7. The van der Waals surface area contributed by atoms with Crippen LogP contribution in [0, 0.1) is 11.3 Å². The number of nitriles is 1. The van der Waals surface area contributed by atoms with Crippen LogP contribution in [-0.4, -0.2) is 19.0 Å². The molecule has 0 aliphatic carbocycles. The van der Waals surface area contributed by atoms with Gasteiger partial charge in [0.15, 0.2) is 0 Å². The predicted molar refractivity (Wildman–Crippen MR) is 59.9 cm³/mol. The van der Waals surface area contributed by atoms with Crippen molar-refractivity contribution in [3.05, 3.63) is 11.8 Å². The van der Waals surface area contributed by atoms with Gasteiger partial charge in [-0.15, -0.1) is 0 Å². The van der Waals surface area contributed by atoms with Crippen molar-refractivity contribution in [2.24, 2.45) is 0 Å². The molecule has 0 rings (SSSR count). The van der Waals surface area contributed by atoms with Crippen LogP contribution >= 0.6 is 0 Å². The Balaban J connectivity index is 4.00. The summed E-state index contributed by atoms with van der Waals surface area (Å²) in [7, 11) is 0. The highest BCUT2D eigenvalue weighted by atomic mass is 16.1. The smallest absolute Gasteiger partial charge is 0.263 e. The third-order valence-corrected chi connectivity index (χ3v) is 1.82. The van der Waals surface area contributed by atoms with E-state index in [2.05, 4.69) is 17.6 Å². The van der Waals surface area contributed by atoms with E-state index in [0.717, 1.165) is 25.8 Å². The third-order valence-electron chi connectivity index (χ3n) is 1.82. The van der Waals surface area contributed by atoms with Gasteiger partial charge in [0.25, 0.3) is 5.91 Å². The number of carbonyl (C=O) groups is 1. The van der Waals surface area contributed by atoms with Gasteiger partial charge >= 0.3 is 0 Å². The molecule has 0 aromatic heterocycles. The van der Waals surface area contributed by atoms with Gasteiger partial charge in [0.05, 0.1) is 0 Å². The molecule has 0 atom stereocenters. The Morgan fingerprint density at radius 1 is 1.33 bits per heavy atom. The highest BCUT2D eigenvalue weighted by Crippen LogP contribution is 1.91. The molecule has 0 spiro atoms. The Kier molecular flexibility index (Phi) is 8.16. The van der Waals surface area contributed by atoms with Crippen molar-refractivity contribution in [2.75, 3.05) is 13.1 Å². The maximum Gasteiger partial charge on any atom is 0.263 e. The summed E-state index contributed by atoms with van der Waals surface area (Å²) in [6, 6.07) is 1.87. The van der Waals surface area contributed by atoms with Gasteiger partial charge in [0.1, 0.15) is 11.6 Å². The van der Waals surface area contributed by atoms with Crippen LogP contribution in [0.25, 0.3) is 0 Å². The second-order valence-electron chi connectivity index (χ2n) is 3.23. The second kappa shape index (κ2) is 9.07. The van der Waals surface area contributed by atoms with Crippen molar-refractivity contribution in [3.8, 4) is 6.07 Å². The molecule has 2 N–H and O–H groups in total. The van der Waals surface area contributed by atoms with E-state index in [1.807, 2.05) is 13.0 Å². The molecule has 0 aliphatic rings.